The molecule has 1 aromatic carbocycles. The Labute approximate surface area is 116 Å². The van der Waals surface area contributed by atoms with Crippen LogP contribution < -0.4 is 0 Å². The molecule has 0 bridgehead atoms. The van der Waals surface area contributed by atoms with E-state index < -0.39 is 0 Å². The van der Waals surface area contributed by atoms with Gasteiger partial charge in [0.1, 0.15) is 0 Å². The molecule has 0 unspecified atom stereocenters. The smallest absolute Gasteiger partial charge is 0.0443 e. The van der Waals surface area contributed by atoms with E-state index in [-0.39, 0.29) is 0 Å². The summed E-state index contributed by atoms with van der Waals surface area (Å²) in [7, 11) is 2.19. The van der Waals surface area contributed by atoms with Crippen molar-refractivity contribution in [3.63, 3.8) is 0 Å². The topological polar surface area (TPSA) is 26.7 Å². The summed E-state index contributed by atoms with van der Waals surface area (Å²) < 4.78 is 0. The van der Waals surface area contributed by atoms with Gasteiger partial charge in [0.05, 0.1) is 0 Å². The van der Waals surface area contributed by atoms with Crippen LogP contribution in [-0.2, 0) is 6.54 Å². The summed E-state index contributed by atoms with van der Waals surface area (Å²) in [5, 5.41) is 8.88. The Balaban J connectivity index is 1.73. The minimum Gasteiger partial charge on any atom is -0.396 e. The molecular formula is C16H26N2O. The summed E-state index contributed by atoms with van der Waals surface area (Å²) in [6.07, 6.45) is 3.38. The standard InChI is InChI=1S/C16H26N2O/c1-17(10-5-13-19)16-8-11-18(12-9-16)14-15-6-3-2-4-7-15/h2-4,6-7,16,19H,5,8-14H2,1H3. The minimum atomic E-state index is 0.303. The van der Waals surface area contributed by atoms with Crippen molar-refractivity contribution >= 4 is 0 Å². The summed E-state index contributed by atoms with van der Waals surface area (Å²) in [5.41, 5.74) is 1.41. The molecular weight excluding hydrogens is 236 g/mol. The second-order valence-corrected chi connectivity index (χ2v) is 5.55. The van der Waals surface area contributed by atoms with Crippen LogP contribution in [0, 0.1) is 0 Å². The lowest BCUT2D eigenvalue weighted by molar-refractivity contribution is 0.117. The van der Waals surface area contributed by atoms with Crippen LogP contribution >= 0.6 is 0 Å². The highest BCUT2D eigenvalue weighted by atomic mass is 16.3. The van der Waals surface area contributed by atoms with Crippen LogP contribution in [0.25, 0.3) is 0 Å². The molecule has 1 aliphatic rings. The van der Waals surface area contributed by atoms with Crippen LogP contribution in [0.1, 0.15) is 24.8 Å². The molecule has 0 amide bonds. The average Bonchev–Trinajstić information content (AvgIpc) is 2.46. The van der Waals surface area contributed by atoms with Crippen LogP contribution in [0.3, 0.4) is 0 Å². The van der Waals surface area contributed by atoms with Gasteiger partial charge in [-0.3, -0.25) is 4.90 Å². The fraction of sp³-hybridized carbons (Fsp3) is 0.625. The molecule has 1 N–H and O–H groups in total. The molecule has 0 atom stereocenters. The number of hydrogen-bond acceptors (Lipinski definition) is 3. The normalized spacial score (nSPS) is 18.1. The van der Waals surface area contributed by atoms with Gasteiger partial charge in [-0.1, -0.05) is 30.3 Å². The molecule has 1 aromatic rings. The van der Waals surface area contributed by atoms with Gasteiger partial charge in [0.2, 0.25) is 0 Å². The average molecular weight is 262 g/mol. The predicted molar refractivity (Wildman–Crippen MR) is 79.1 cm³/mol. The largest absolute Gasteiger partial charge is 0.396 e. The van der Waals surface area contributed by atoms with Crippen molar-refractivity contribution in [2.24, 2.45) is 0 Å². The Morgan fingerprint density at radius 3 is 2.53 bits per heavy atom. The molecule has 19 heavy (non-hydrogen) atoms. The first kappa shape index (κ1) is 14.5. The lowest BCUT2D eigenvalue weighted by Crippen LogP contribution is -2.43. The summed E-state index contributed by atoms with van der Waals surface area (Å²) in [5.74, 6) is 0. The van der Waals surface area contributed by atoms with E-state index in [1.807, 2.05) is 0 Å². The van der Waals surface area contributed by atoms with Crippen molar-refractivity contribution in [2.75, 3.05) is 33.3 Å². The molecule has 1 saturated heterocycles. The van der Waals surface area contributed by atoms with Crippen LogP contribution in [-0.4, -0.2) is 54.2 Å². The number of nitrogens with zero attached hydrogens (tertiary/aromatic N) is 2. The fourth-order valence-electron chi connectivity index (χ4n) is 2.86. The first-order chi connectivity index (χ1) is 9.29. The van der Waals surface area contributed by atoms with Gasteiger partial charge in [0.25, 0.3) is 0 Å². The zero-order valence-corrected chi connectivity index (χ0v) is 12.0. The Morgan fingerprint density at radius 1 is 1.21 bits per heavy atom. The van der Waals surface area contributed by atoms with Crippen LogP contribution in [0.15, 0.2) is 30.3 Å². The highest BCUT2D eigenvalue weighted by Crippen LogP contribution is 2.17. The molecule has 1 aliphatic heterocycles. The second kappa shape index (κ2) is 7.63. The first-order valence-corrected chi connectivity index (χ1v) is 7.37. The van der Waals surface area contributed by atoms with Crippen molar-refractivity contribution in [2.45, 2.75) is 31.8 Å². The van der Waals surface area contributed by atoms with E-state index in [2.05, 4.69) is 47.2 Å². The SMILES string of the molecule is CN(CCCO)C1CCN(Cc2ccccc2)CC1. The minimum absolute atomic E-state index is 0.303. The number of aliphatic hydroxyl groups is 1. The zero-order chi connectivity index (χ0) is 13.5. The zero-order valence-electron chi connectivity index (χ0n) is 12.0. The third-order valence-corrected chi connectivity index (χ3v) is 4.10. The van der Waals surface area contributed by atoms with Crippen molar-refractivity contribution < 1.29 is 5.11 Å². The van der Waals surface area contributed by atoms with Gasteiger partial charge in [0, 0.05) is 25.7 Å². The van der Waals surface area contributed by atoms with E-state index in [0.29, 0.717) is 12.6 Å². The Morgan fingerprint density at radius 2 is 1.89 bits per heavy atom. The number of aliphatic hydroxyl groups excluding tert-OH is 1. The van der Waals surface area contributed by atoms with E-state index in [9.17, 15) is 0 Å². The van der Waals surface area contributed by atoms with Gasteiger partial charge in [-0.15, -0.1) is 0 Å². The number of piperidine rings is 1. The maximum atomic E-state index is 8.88. The van der Waals surface area contributed by atoms with Gasteiger partial charge in [0.15, 0.2) is 0 Å². The third-order valence-electron chi connectivity index (χ3n) is 4.10. The van der Waals surface area contributed by atoms with Crippen LogP contribution in [0.2, 0.25) is 0 Å². The van der Waals surface area contributed by atoms with Gasteiger partial charge in [-0.25, -0.2) is 0 Å². The molecule has 3 nitrogen and oxygen atoms in total. The van der Waals surface area contributed by atoms with Gasteiger partial charge in [-0.2, -0.15) is 0 Å². The van der Waals surface area contributed by atoms with Crippen LogP contribution in [0.5, 0.6) is 0 Å². The van der Waals surface area contributed by atoms with E-state index in [4.69, 9.17) is 5.11 Å². The van der Waals surface area contributed by atoms with Gasteiger partial charge < -0.3 is 10.0 Å². The number of hydrogen-bond donors (Lipinski definition) is 1. The van der Waals surface area contributed by atoms with E-state index in [1.54, 1.807) is 0 Å². The van der Waals surface area contributed by atoms with Crippen LogP contribution in [0.4, 0.5) is 0 Å². The molecule has 0 saturated carbocycles. The summed E-state index contributed by atoms with van der Waals surface area (Å²) in [4.78, 5) is 4.96. The first-order valence-electron chi connectivity index (χ1n) is 7.37. The molecule has 0 aliphatic carbocycles. The molecule has 1 fully saturated rings. The van der Waals surface area contributed by atoms with E-state index in [0.717, 1.165) is 19.5 Å². The molecule has 1 heterocycles. The summed E-state index contributed by atoms with van der Waals surface area (Å²) in [6, 6.07) is 11.4. The maximum absolute atomic E-state index is 8.88. The molecule has 3 heteroatoms. The lowest BCUT2D eigenvalue weighted by Gasteiger charge is -2.36. The highest BCUT2D eigenvalue weighted by Gasteiger charge is 2.21. The van der Waals surface area contributed by atoms with Gasteiger partial charge >= 0.3 is 0 Å². The van der Waals surface area contributed by atoms with E-state index >= 15 is 0 Å². The molecule has 0 aromatic heterocycles. The summed E-state index contributed by atoms with van der Waals surface area (Å²) >= 11 is 0. The monoisotopic (exact) mass is 262 g/mol. The Hall–Kier alpha value is -0.900. The van der Waals surface area contributed by atoms with Gasteiger partial charge in [-0.05, 0) is 45.0 Å². The molecule has 0 radical (unpaired) electrons. The molecule has 106 valence electrons. The Kier molecular flexibility index (Phi) is 5.83. The lowest BCUT2D eigenvalue weighted by atomic mass is 10.0. The number of likely N-dealkylation sites (tertiary alicyclic amines) is 1. The highest BCUT2D eigenvalue weighted by molar-refractivity contribution is 5.14. The number of benzene rings is 1. The Bertz CT molecular complexity index is 347. The van der Waals surface area contributed by atoms with Crippen molar-refractivity contribution in [3.8, 4) is 0 Å². The summed E-state index contributed by atoms with van der Waals surface area (Å²) in [6.45, 7) is 4.76. The fourth-order valence-corrected chi connectivity index (χ4v) is 2.86. The van der Waals surface area contributed by atoms with Crippen molar-refractivity contribution in [3.05, 3.63) is 35.9 Å². The predicted octanol–water partition coefficient (Wildman–Crippen LogP) is 1.97. The van der Waals surface area contributed by atoms with Crippen molar-refractivity contribution in [1.29, 1.82) is 0 Å². The number of rotatable bonds is 6. The quantitative estimate of drug-likeness (QED) is 0.849. The second-order valence-electron chi connectivity index (χ2n) is 5.55. The van der Waals surface area contributed by atoms with Crippen molar-refractivity contribution in [1.82, 2.24) is 9.80 Å². The third kappa shape index (κ3) is 4.60. The molecule has 0 spiro atoms. The van der Waals surface area contributed by atoms with E-state index in [1.165, 1.54) is 31.5 Å². The maximum Gasteiger partial charge on any atom is 0.0443 e. The molecule has 2 rings (SSSR count).